The Morgan fingerprint density at radius 3 is 2.25 bits per heavy atom. The van der Waals surface area contributed by atoms with Crippen molar-refractivity contribution in [2.75, 3.05) is 13.1 Å². The Labute approximate surface area is 190 Å². The van der Waals surface area contributed by atoms with E-state index in [9.17, 15) is 15.0 Å². The minimum atomic E-state index is -0.0884. The van der Waals surface area contributed by atoms with Crippen LogP contribution in [0.15, 0.2) is 66.7 Å². The zero-order chi connectivity index (χ0) is 22.1. The van der Waals surface area contributed by atoms with Crippen molar-refractivity contribution in [2.24, 2.45) is 0 Å². The van der Waals surface area contributed by atoms with Crippen molar-refractivity contribution in [3.05, 3.63) is 77.9 Å². The van der Waals surface area contributed by atoms with Crippen LogP contribution in [0.25, 0.3) is 20.5 Å². The molecular weight excluding hydrogens is 422 g/mol. The van der Waals surface area contributed by atoms with E-state index < -0.39 is 0 Å². The fourth-order valence-corrected chi connectivity index (χ4v) is 5.28. The van der Waals surface area contributed by atoms with Gasteiger partial charge in [0.1, 0.15) is 17.2 Å². The molecule has 162 valence electrons. The van der Waals surface area contributed by atoms with Crippen molar-refractivity contribution in [2.45, 2.75) is 19.3 Å². The molecule has 0 aliphatic carbocycles. The first-order valence-corrected chi connectivity index (χ1v) is 11.5. The first-order valence-electron chi connectivity index (χ1n) is 10.7. The standard InChI is InChI=1S/C26H23NO4S/c28-19-8-4-18(5-9-19)26-24(22-13-10-20(29)16-23(22)32-26)25(30)17-6-11-21(12-7-17)31-27-14-2-1-3-15-27/h4-13,16,28-29H,1-3,14-15H2. The molecule has 4 aromatic rings. The van der Waals surface area contributed by atoms with Gasteiger partial charge in [-0.15, -0.1) is 16.4 Å². The van der Waals surface area contributed by atoms with Crippen LogP contribution in [0.5, 0.6) is 17.2 Å². The molecule has 2 N–H and O–H groups in total. The monoisotopic (exact) mass is 445 g/mol. The quantitative estimate of drug-likeness (QED) is 0.369. The number of nitrogens with zero attached hydrogens (tertiary/aromatic N) is 1. The second-order valence-corrected chi connectivity index (χ2v) is 9.02. The van der Waals surface area contributed by atoms with Crippen LogP contribution < -0.4 is 4.84 Å². The summed E-state index contributed by atoms with van der Waals surface area (Å²) >= 11 is 1.45. The van der Waals surface area contributed by atoms with Gasteiger partial charge in [0.15, 0.2) is 5.78 Å². The predicted octanol–water partition coefficient (Wildman–Crippen LogP) is 5.99. The molecule has 0 bridgehead atoms. The Morgan fingerprint density at radius 1 is 0.844 bits per heavy atom. The van der Waals surface area contributed by atoms with Crippen LogP contribution in [-0.2, 0) is 0 Å². The maximum Gasteiger partial charge on any atom is 0.195 e. The van der Waals surface area contributed by atoms with E-state index in [1.54, 1.807) is 54.6 Å². The molecule has 0 unspecified atom stereocenters. The molecule has 1 aliphatic rings. The number of fused-ring (bicyclic) bond motifs is 1. The molecule has 1 fully saturated rings. The number of rotatable bonds is 5. The van der Waals surface area contributed by atoms with Gasteiger partial charge in [-0.1, -0.05) is 6.42 Å². The van der Waals surface area contributed by atoms with Gasteiger partial charge in [-0.05, 0) is 85.1 Å². The minimum absolute atomic E-state index is 0.0884. The summed E-state index contributed by atoms with van der Waals surface area (Å²) in [5.41, 5.74) is 2.01. The van der Waals surface area contributed by atoms with Crippen LogP contribution in [0.3, 0.4) is 0 Å². The third-order valence-electron chi connectivity index (χ3n) is 5.70. The van der Waals surface area contributed by atoms with Gasteiger partial charge in [0, 0.05) is 39.2 Å². The molecule has 5 nitrogen and oxygen atoms in total. The Balaban J connectivity index is 1.51. The summed E-state index contributed by atoms with van der Waals surface area (Å²) in [6, 6.07) is 19.1. The normalized spacial score (nSPS) is 14.5. The average Bonchev–Trinajstić information content (AvgIpc) is 3.18. The fraction of sp³-hybridized carbons (Fsp3) is 0.192. The van der Waals surface area contributed by atoms with Gasteiger partial charge in [0.2, 0.25) is 0 Å². The molecule has 0 saturated carbocycles. The summed E-state index contributed by atoms with van der Waals surface area (Å²) in [7, 11) is 0. The number of phenols is 2. The highest BCUT2D eigenvalue weighted by atomic mass is 32.1. The van der Waals surface area contributed by atoms with Gasteiger partial charge < -0.3 is 15.1 Å². The number of ketones is 1. The Kier molecular flexibility index (Phi) is 5.55. The zero-order valence-electron chi connectivity index (χ0n) is 17.5. The number of hydrogen-bond acceptors (Lipinski definition) is 6. The van der Waals surface area contributed by atoms with E-state index in [0.717, 1.165) is 52.2 Å². The maximum absolute atomic E-state index is 13.6. The molecule has 0 amide bonds. The van der Waals surface area contributed by atoms with E-state index in [-0.39, 0.29) is 17.3 Å². The summed E-state index contributed by atoms with van der Waals surface area (Å²) in [6.45, 7) is 1.84. The molecular formula is C26H23NO4S. The minimum Gasteiger partial charge on any atom is -0.508 e. The van der Waals surface area contributed by atoms with E-state index in [2.05, 4.69) is 0 Å². The summed E-state index contributed by atoms with van der Waals surface area (Å²) in [4.78, 5) is 20.4. The lowest BCUT2D eigenvalue weighted by molar-refractivity contribution is -0.0720. The van der Waals surface area contributed by atoms with E-state index in [0.29, 0.717) is 11.1 Å². The van der Waals surface area contributed by atoms with E-state index in [1.165, 1.54) is 17.8 Å². The number of hydrogen-bond donors (Lipinski definition) is 2. The molecule has 2 heterocycles. The molecule has 0 atom stereocenters. The van der Waals surface area contributed by atoms with Crippen LogP contribution in [0.4, 0.5) is 0 Å². The van der Waals surface area contributed by atoms with E-state index in [4.69, 9.17) is 4.84 Å². The summed E-state index contributed by atoms with van der Waals surface area (Å²) in [6.07, 6.45) is 3.51. The van der Waals surface area contributed by atoms with Gasteiger partial charge >= 0.3 is 0 Å². The number of carbonyl (C=O) groups excluding carboxylic acids is 1. The predicted molar refractivity (Wildman–Crippen MR) is 127 cm³/mol. The van der Waals surface area contributed by atoms with Gasteiger partial charge in [-0.3, -0.25) is 4.79 Å². The highest BCUT2D eigenvalue weighted by Gasteiger charge is 2.22. The van der Waals surface area contributed by atoms with Crippen LogP contribution >= 0.6 is 11.3 Å². The molecule has 1 aliphatic heterocycles. The Bertz CT molecular complexity index is 1260. The number of benzene rings is 3. The average molecular weight is 446 g/mol. The highest BCUT2D eigenvalue weighted by molar-refractivity contribution is 7.22. The first-order chi connectivity index (χ1) is 15.6. The third kappa shape index (κ3) is 4.07. The second kappa shape index (κ2) is 8.65. The smallest absolute Gasteiger partial charge is 0.195 e. The molecule has 0 spiro atoms. The fourth-order valence-electron chi connectivity index (χ4n) is 4.04. The van der Waals surface area contributed by atoms with Crippen molar-refractivity contribution in [3.8, 4) is 27.7 Å². The van der Waals surface area contributed by atoms with Gasteiger partial charge in [-0.2, -0.15) is 0 Å². The van der Waals surface area contributed by atoms with Gasteiger partial charge in [-0.25, -0.2) is 0 Å². The maximum atomic E-state index is 13.6. The second-order valence-electron chi connectivity index (χ2n) is 7.97. The Hall–Kier alpha value is -3.35. The largest absolute Gasteiger partial charge is 0.508 e. The number of carbonyl (C=O) groups is 1. The number of piperidine rings is 1. The zero-order valence-corrected chi connectivity index (χ0v) is 18.3. The summed E-state index contributed by atoms with van der Waals surface area (Å²) < 4.78 is 0.835. The summed E-state index contributed by atoms with van der Waals surface area (Å²) in [5, 5.41) is 22.4. The van der Waals surface area contributed by atoms with Crippen molar-refractivity contribution < 1.29 is 19.8 Å². The topological polar surface area (TPSA) is 70.0 Å². The first kappa shape index (κ1) is 20.5. The highest BCUT2D eigenvalue weighted by Crippen LogP contribution is 2.41. The molecule has 5 rings (SSSR count). The molecule has 3 aromatic carbocycles. The number of thiophene rings is 1. The lowest BCUT2D eigenvalue weighted by Gasteiger charge is -2.26. The molecule has 1 aromatic heterocycles. The van der Waals surface area contributed by atoms with Crippen molar-refractivity contribution >= 4 is 27.2 Å². The van der Waals surface area contributed by atoms with Crippen LogP contribution in [0.1, 0.15) is 35.2 Å². The van der Waals surface area contributed by atoms with Gasteiger partial charge in [0.25, 0.3) is 0 Å². The lowest BCUT2D eigenvalue weighted by Crippen LogP contribution is -2.32. The number of phenolic OH excluding ortho intramolecular Hbond substituents is 2. The van der Waals surface area contributed by atoms with Crippen LogP contribution in [-0.4, -0.2) is 34.1 Å². The summed E-state index contributed by atoms with van der Waals surface area (Å²) in [5.74, 6) is 0.968. The Morgan fingerprint density at radius 2 is 1.53 bits per heavy atom. The van der Waals surface area contributed by atoms with Gasteiger partial charge in [0.05, 0.1) is 0 Å². The molecule has 6 heteroatoms. The molecule has 1 saturated heterocycles. The lowest BCUT2D eigenvalue weighted by atomic mass is 9.97. The molecule has 32 heavy (non-hydrogen) atoms. The van der Waals surface area contributed by atoms with Crippen molar-refractivity contribution in [1.82, 2.24) is 5.06 Å². The molecule has 0 radical (unpaired) electrons. The van der Waals surface area contributed by atoms with Crippen LogP contribution in [0.2, 0.25) is 0 Å². The van der Waals surface area contributed by atoms with E-state index in [1.807, 2.05) is 17.2 Å². The van der Waals surface area contributed by atoms with Crippen LogP contribution in [0, 0.1) is 0 Å². The van der Waals surface area contributed by atoms with Crippen molar-refractivity contribution in [1.29, 1.82) is 0 Å². The van der Waals surface area contributed by atoms with Crippen molar-refractivity contribution in [3.63, 3.8) is 0 Å². The number of hydroxylamine groups is 2. The number of aromatic hydroxyl groups is 2. The van der Waals surface area contributed by atoms with E-state index >= 15 is 0 Å². The SMILES string of the molecule is O=C(c1ccc(ON2CCCCC2)cc1)c1c(-c2ccc(O)cc2)sc2cc(O)ccc12. The third-order valence-corrected chi connectivity index (χ3v) is 6.90.